The Morgan fingerprint density at radius 1 is 1.19 bits per heavy atom. The van der Waals surface area contributed by atoms with Crippen LogP contribution < -0.4 is 0 Å². The Kier molecular flexibility index (Phi) is 5.54. The monoisotopic (exact) mass is 359 g/mol. The standard InChI is InChI=1S/C19H25N3O4/c1-21(16(19(25)26)15-6-3-9-20-12-15)17(23)14-7-10-22(11-8-14)18(24)13-4-2-5-13/h3,6,9,12-14,16H,2,4-5,7-8,10-11H2,1H3,(H,25,26)/t16-/m1/s1. The highest BCUT2D eigenvalue weighted by Crippen LogP contribution is 2.31. The van der Waals surface area contributed by atoms with Gasteiger partial charge in [-0.3, -0.25) is 14.6 Å². The highest BCUT2D eigenvalue weighted by molar-refractivity contribution is 5.86. The predicted molar refractivity (Wildman–Crippen MR) is 94.0 cm³/mol. The maximum atomic E-state index is 12.8. The molecule has 3 rings (SSSR count). The fraction of sp³-hybridized carbons (Fsp3) is 0.579. The summed E-state index contributed by atoms with van der Waals surface area (Å²) in [4.78, 5) is 44.0. The summed E-state index contributed by atoms with van der Waals surface area (Å²) < 4.78 is 0. The molecule has 0 aromatic carbocycles. The molecule has 1 aromatic rings. The van der Waals surface area contributed by atoms with Crippen LogP contribution in [0.4, 0.5) is 0 Å². The molecule has 1 aliphatic carbocycles. The number of carbonyl (C=O) groups excluding carboxylic acids is 2. The molecule has 140 valence electrons. The van der Waals surface area contributed by atoms with Gasteiger partial charge >= 0.3 is 5.97 Å². The molecule has 0 bridgehead atoms. The molecule has 2 heterocycles. The summed E-state index contributed by atoms with van der Waals surface area (Å²) in [5, 5.41) is 9.58. The maximum absolute atomic E-state index is 12.8. The number of carboxylic acids is 1. The molecular formula is C19H25N3O4. The highest BCUT2D eigenvalue weighted by atomic mass is 16.4. The Morgan fingerprint density at radius 3 is 2.38 bits per heavy atom. The van der Waals surface area contributed by atoms with Gasteiger partial charge in [-0.25, -0.2) is 4.79 Å². The molecule has 1 saturated carbocycles. The van der Waals surface area contributed by atoms with Gasteiger partial charge in [0.1, 0.15) is 0 Å². The van der Waals surface area contributed by atoms with E-state index >= 15 is 0 Å². The zero-order valence-corrected chi connectivity index (χ0v) is 15.0. The van der Waals surface area contributed by atoms with E-state index in [-0.39, 0.29) is 23.7 Å². The van der Waals surface area contributed by atoms with Gasteiger partial charge in [0.15, 0.2) is 6.04 Å². The van der Waals surface area contributed by atoms with Gasteiger partial charge in [0, 0.05) is 49.9 Å². The highest BCUT2D eigenvalue weighted by Gasteiger charge is 2.36. The van der Waals surface area contributed by atoms with E-state index in [2.05, 4.69) is 4.98 Å². The number of likely N-dealkylation sites (tertiary alicyclic amines) is 1. The topological polar surface area (TPSA) is 90.8 Å². The SMILES string of the molecule is CN(C(=O)C1CCN(C(=O)C2CCC2)CC1)[C@@H](C(=O)O)c1cccnc1. The minimum absolute atomic E-state index is 0.173. The third-order valence-corrected chi connectivity index (χ3v) is 5.58. The minimum atomic E-state index is -1.08. The van der Waals surface area contributed by atoms with Gasteiger partial charge in [0.25, 0.3) is 0 Å². The summed E-state index contributed by atoms with van der Waals surface area (Å²) in [7, 11) is 1.53. The third-order valence-electron chi connectivity index (χ3n) is 5.58. The molecule has 2 aliphatic rings. The van der Waals surface area contributed by atoms with Crippen molar-refractivity contribution in [2.75, 3.05) is 20.1 Å². The average Bonchev–Trinajstić information content (AvgIpc) is 2.60. The van der Waals surface area contributed by atoms with Crippen LogP contribution in [-0.2, 0) is 14.4 Å². The number of amides is 2. The molecule has 0 radical (unpaired) electrons. The number of rotatable bonds is 5. The second-order valence-corrected chi connectivity index (χ2v) is 7.20. The van der Waals surface area contributed by atoms with Crippen LogP contribution in [0, 0.1) is 11.8 Å². The van der Waals surface area contributed by atoms with E-state index in [1.807, 2.05) is 4.90 Å². The van der Waals surface area contributed by atoms with Crippen LogP contribution in [0.25, 0.3) is 0 Å². The predicted octanol–water partition coefficient (Wildman–Crippen LogP) is 1.70. The van der Waals surface area contributed by atoms with Gasteiger partial charge in [0.05, 0.1) is 0 Å². The fourth-order valence-corrected chi connectivity index (χ4v) is 3.75. The lowest BCUT2D eigenvalue weighted by atomic mass is 9.83. The second kappa shape index (κ2) is 7.85. The average molecular weight is 359 g/mol. The van der Waals surface area contributed by atoms with Crippen LogP contribution in [0.5, 0.6) is 0 Å². The molecule has 26 heavy (non-hydrogen) atoms. The summed E-state index contributed by atoms with van der Waals surface area (Å²) in [6.07, 6.45) is 7.29. The maximum Gasteiger partial charge on any atom is 0.331 e. The number of aromatic nitrogens is 1. The zero-order chi connectivity index (χ0) is 18.7. The fourth-order valence-electron chi connectivity index (χ4n) is 3.75. The van der Waals surface area contributed by atoms with Gasteiger partial charge < -0.3 is 14.9 Å². The van der Waals surface area contributed by atoms with E-state index in [9.17, 15) is 19.5 Å². The van der Waals surface area contributed by atoms with E-state index in [0.29, 0.717) is 31.5 Å². The lowest BCUT2D eigenvalue weighted by Crippen LogP contribution is -2.47. The van der Waals surface area contributed by atoms with Gasteiger partial charge in [0.2, 0.25) is 11.8 Å². The van der Waals surface area contributed by atoms with Gasteiger partial charge in [-0.2, -0.15) is 0 Å². The molecule has 0 unspecified atom stereocenters. The molecule has 7 nitrogen and oxygen atoms in total. The number of hydrogen-bond acceptors (Lipinski definition) is 4. The largest absolute Gasteiger partial charge is 0.479 e. The second-order valence-electron chi connectivity index (χ2n) is 7.20. The van der Waals surface area contributed by atoms with E-state index in [0.717, 1.165) is 19.3 Å². The molecular weight excluding hydrogens is 334 g/mol. The Labute approximate surface area is 153 Å². The molecule has 2 fully saturated rings. The first-order chi connectivity index (χ1) is 12.5. The first-order valence-corrected chi connectivity index (χ1v) is 9.17. The summed E-state index contributed by atoms with van der Waals surface area (Å²) in [5.41, 5.74) is 0.480. The molecule has 1 saturated heterocycles. The van der Waals surface area contributed by atoms with Crippen molar-refractivity contribution in [2.24, 2.45) is 11.8 Å². The van der Waals surface area contributed by atoms with Crippen LogP contribution in [-0.4, -0.2) is 57.8 Å². The number of aliphatic carboxylic acids is 1. The van der Waals surface area contributed by atoms with Crippen molar-refractivity contribution in [1.29, 1.82) is 0 Å². The Morgan fingerprint density at radius 2 is 1.88 bits per heavy atom. The van der Waals surface area contributed by atoms with Crippen molar-refractivity contribution in [3.8, 4) is 0 Å². The lowest BCUT2D eigenvalue weighted by molar-refractivity contribution is -0.152. The van der Waals surface area contributed by atoms with Gasteiger partial charge in [-0.05, 0) is 31.7 Å². The lowest BCUT2D eigenvalue weighted by Gasteiger charge is -2.37. The first kappa shape index (κ1) is 18.4. The van der Waals surface area contributed by atoms with Crippen LogP contribution in [0.2, 0.25) is 0 Å². The number of carboxylic acid groups (broad SMARTS) is 1. The van der Waals surface area contributed by atoms with Crippen molar-refractivity contribution in [1.82, 2.24) is 14.8 Å². The summed E-state index contributed by atoms with van der Waals surface area (Å²) in [6, 6.07) is 2.27. The Balaban J connectivity index is 1.61. The number of pyridine rings is 1. The van der Waals surface area contributed by atoms with Crippen LogP contribution in [0.15, 0.2) is 24.5 Å². The Bertz CT molecular complexity index is 667. The molecule has 7 heteroatoms. The van der Waals surface area contributed by atoms with E-state index in [4.69, 9.17) is 0 Å². The van der Waals surface area contributed by atoms with Crippen molar-refractivity contribution >= 4 is 17.8 Å². The van der Waals surface area contributed by atoms with Crippen molar-refractivity contribution in [3.05, 3.63) is 30.1 Å². The molecule has 2 amide bonds. The van der Waals surface area contributed by atoms with E-state index in [1.165, 1.54) is 18.1 Å². The first-order valence-electron chi connectivity index (χ1n) is 9.17. The quantitative estimate of drug-likeness (QED) is 0.864. The molecule has 1 aliphatic heterocycles. The number of carbonyl (C=O) groups is 3. The summed E-state index contributed by atoms with van der Waals surface area (Å²) in [6.45, 7) is 1.15. The zero-order valence-electron chi connectivity index (χ0n) is 15.0. The van der Waals surface area contributed by atoms with E-state index in [1.54, 1.807) is 18.3 Å². The molecule has 1 N–H and O–H groups in total. The van der Waals surface area contributed by atoms with Gasteiger partial charge in [-0.15, -0.1) is 0 Å². The van der Waals surface area contributed by atoms with Crippen LogP contribution >= 0.6 is 0 Å². The van der Waals surface area contributed by atoms with Gasteiger partial charge in [-0.1, -0.05) is 12.5 Å². The number of likely N-dealkylation sites (N-methyl/N-ethyl adjacent to an activating group) is 1. The summed E-state index contributed by atoms with van der Waals surface area (Å²) >= 11 is 0. The van der Waals surface area contributed by atoms with Crippen molar-refractivity contribution in [3.63, 3.8) is 0 Å². The minimum Gasteiger partial charge on any atom is -0.479 e. The molecule has 1 aromatic heterocycles. The number of piperidine rings is 1. The molecule has 1 atom stereocenters. The summed E-state index contributed by atoms with van der Waals surface area (Å²) in [5.74, 6) is -1.12. The van der Waals surface area contributed by atoms with Crippen LogP contribution in [0.1, 0.15) is 43.7 Å². The van der Waals surface area contributed by atoms with Crippen LogP contribution in [0.3, 0.4) is 0 Å². The number of nitrogens with zero attached hydrogens (tertiary/aromatic N) is 3. The third kappa shape index (κ3) is 3.71. The number of hydrogen-bond donors (Lipinski definition) is 1. The van der Waals surface area contributed by atoms with Crippen molar-refractivity contribution < 1.29 is 19.5 Å². The smallest absolute Gasteiger partial charge is 0.331 e. The Hall–Kier alpha value is -2.44. The van der Waals surface area contributed by atoms with E-state index < -0.39 is 12.0 Å². The van der Waals surface area contributed by atoms with Crippen molar-refractivity contribution in [2.45, 2.75) is 38.1 Å². The normalized spacial score (nSPS) is 19.5. The molecule has 0 spiro atoms.